The maximum Gasteiger partial charge on any atom is 0.243 e. The molecule has 2 N–H and O–H groups in total. The van der Waals surface area contributed by atoms with Gasteiger partial charge >= 0.3 is 0 Å². The Kier molecular flexibility index (Phi) is 7.40. The Morgan fingerprint density at radius 3 is 2.42 bits per heavy atom. The lowest BCUT2D eigenvalue weighted by Crippen LogP contribution is -2.43. The molecule has 1 aliphatic heterocycles. The molecule has 2 amide bonds. The maximum atomic E-state index is 13.5. The van der Waals surface area contributed by atoms with E-state index in [1.165, 1.54) is 10.4 Å². The van der Waals surface area contributed by atoms with E-state index in [2.05, 4.69) is 10.6 Å². The molecule has 0 spiro atoms. The van der Waals surface area contributed by atoms with Crippen LogP contribution in [0.15, 0.2) is 53.4 Å². The summed E-state index contributed by atoms with van der Waals surface area (Å²) in [4.78, 5) is 24.6. The van der Waals surface area contributed by atoms with Gasteiger partial charge in [0.1, 0.15) is 5.82 Å². The van der Waals surface area contributed by atoms with Gasteiger partial charge in [-0.1, -0.05) is 24.3 Å². The molecule has 1 aliphatic rings. The van der Waals surface area contributed by atoms with E-state index in [9.17, 15) is 22.4 Å². The van der Waals surface area contributed by atoms with Crippen LogP contribution in [-0.4, -0.2) is 44.2 Å². The molecule has 9 heteroatoms. The molecule has 0 bridgehead atoms. The van der Waals surface area contributed by atoms with Crippen LogP contribution in [0, 0.1) is 18.7 Å². The molecule has 1 saturated heterocycles. The molecule has 0 aromatic heterocycles. The Hall–Kier alpha value is -2.78. The van der Waals surface area contributed by atoms with Gasteiger partial charge in [-0.2, -0.15) is 4.31 Å². The SMILES string of the molecule is Cc1ccc(NC(=O)CCNC(=O)C2CCN(S(=O)(=O)c3ccccc3)CC2)cc1F. The molecule has 3 rings (SSSR count). The number of piperidine rings is 1. The van der Waals surface area contributed by atoms with Crippen LogP contribution in [0.4, 0.5) is 10.1 Å². The molecule has 7 nitrogen and oxygen atoms in total. The minimum atomic E-state index is -3.55. The van der Waals surface area contributed by atoms with Crippen molar-refractivity contribution in [3.63, 3.8) is 0 Å². The number of hydrogen-bond donors (Lipinski definition) is 2. The Bertz CT molecular complexity index is 1040. The fraction of sp³-hybridized carbons (Fsp3) is 0.364. The second-order valence-electron chi connectivity index (χ2n) is 7.54. The molecule has 1 fully saturated rings. The monoisotopic (exact) mass is 447 g/mol. The van der Waals surface area contributed by atoms with E-state index in [-0.39, 0.29) is 48.7 Å². The molecule has 0 atom stereocenters. The highest BCUT2D eigenvalue weighted by Gasteiger charge is 2.31. The van der Waals surface area contributed by atoms with Gasteiger partial charge in [0.05, 0.1) is 4.90 Å². The van der Waals surface area contributed by atoms with Gasteiger partial charge in [-0.3, -0.25) is 9.59 Å². The van der Waals surface area contributed by atoms with E-state index in [0.717, 1.165) is 0 Å². The molecule has 0 unspecified atom stereocenters. The zero-order chi connectivity index (χ0) is 22.4. The predicted molar refractivity (Wildman–Crippen MR) is 115 cm³/mol. The van der Waals surface area contributed by atoms with Crippen LogP contribution in [0.25, 0.3) is 0 Å². The first kappa shape index (κ1) is 22.9. The number of carbonyl (C=O) groups is 2. The quantitative estimate of drug-likeness (QED) is 0.682. The van der Waals surface area contributed by atoms with Gasteiger partial charge in [-0.25, -0.2) is 12.8 Å². The summed E-state index contributed by atoms with van der Waals surface area (Å²) < 4.78 is 40.3. The first-order chi connectivity index (χ1) is 14.8. The number of nitrogens with one attached hydrogen (secondary N) is 2. The smallest absolute Gasteiger partial charge is 0.243 e. The lowest BCUT2D eigenvalue weighted by Gasteiger charge is -2.30. The number of benzene rings is 2. The van der Waals surface area contributed by atoms with Crippen LogP contribution in [-0.2, 0) is 19.6 Å². The van der Waals surface area contributed by atoms with Crippen LogP contribution >= 0.6 is 0 Å². The standard InChI is InChI=1S/C22H26FN3O4S/c1-16-7-8-18(15-20(16)23)25-21(27)9-12-24-22(28)17-10-13-26(14-11-17)31(29,30)19-5-3-2-4-6-19/h2-8,15,17H,9-14H2,1H3,(H,24,28)(H,25,27). The van der Waals surface area contributed by atoms with Crippen LogP contribution < -0.4 is 10.6 Å². The van der Waals surface area contributed by atoms with Crippen molar-refractivity contribution in [1.82, 2.24) is 9.62 Å². The summed E-state index contributed by atoms with van der Waals surface area (Å²) in [5.41, 5.74) is 0.860. The third kappa shape index (κ3) is 5.89. The maximum absolute atomic E-state index is 13.5. The van der Waals surface area contributed by atoms with E-state index in [1.807, 2.05) is 0 Å². The van der Waals surface area contributed by atoms with Gasteiger partial charge in [0.2, 0.25) is 21.8 Å². The van der Waals surface area contributed by atoms with E-state index in [0.29, 0.717) is 24.1 Å². The Labute approximate surface area is 181 Å². The third-order valence-electron chi connectivity index (χ3n) is 5.31. The minimum Gasteiger partial charge on any atom is -0.355 e. The zero-order valence-electron chi connectivity index (χ0n) is 17.3. The van der Waals surface area contributed by atoms with Crippen molar-refractivity contribution in [1.29, 1.82) is 0 Å². The molecule has 2 aromatic rings. The molecule has 1 heterocycles. The Morgan fingerprint density at radius 1 is 1.10 bits per heavy atom. The number of nitrogens with zero attached hydrogens (tertiary/aromatic N) is 1. The second-order valence-corrected chi connectivity index (χ2v) is 9.48. The highest BCUT2D eigenvalue weighted by molar-refractivity contribution is 7.89. The molecular formula is C22H26FN3O4S. The Morgan fingerprint density at radius 2 is 1.77 bits per heavy atom. The van der Waals surface area contributed by atoms with Crippen molar-refractivity contribution in [2.24, 2.45) is 5.92 Å². The van der Waals surface area contributed by atoms with Gasteiger partial charge < -0.3 is 10.6 Å². The van der Waals surface area contributed by atoms with Crippen LogP contribution in [0.3, 0.4) is 0 Å². The zero-order valence-corrected chi connectivity index (χ0v) is 18.1. The fourth-order valence-electron chi connectivity index (χ4n) is 3.44. The summed E-state index contributed by atoms with van der Waals surface area (Å²) in [5.74, 6) is -1.21. The van der Waals surface area contributed by atoms with Crippen LogP contribution in [0.2, 0.25) is 0 Å². The van der Waals surface area contributed by atoms with E-state index < -0.39 is 15.8 Å². The largest absolute Gasteiger partial charge is 0.355 e. The molecule has 2 aromatic carbocycles. The third-order valence-corrected chi connectivity index (χ3v) is 7.23. The molecule has 166 valence electrons. The van der Waals surface area contributed by atoms with Crippen LogP contribution in [0.1, 0.15) is 24.8 Å². The van der Waals surface area contributed by atoms with Crippen molar-refractivity contribution < 1.29 is 22.4 Å². The number of halogens is 1. The molecule has 0 saturated carbocycles. The summed E-state index contributed by atoms with van der Waals surface area (Å²) in [6, 6.07) is 12.7. The lowest BCUT2D eigenvalue weighted by atomic mass is 9.97. The second kappa shape index (κ2) is 10.0. The summed E-state index contributed by atoms with van der Waals surface area (Å²) in [6.07, 6.45) is 0.905. The number of carbonyl (C=O) groups excluding carboxylic acids is 2. The van der Waals surface area contributed by atoms with E-state index in [1.54, 1.807) is 49.4 Å². The van der Waals surface area contributed by atoms with Gasteiger partial charge in [0.25, 0.3) is 0 Å². The number of aryl methyl sites for hydroxylation is 1. The summed E-state index contributed by atoms with van der Waals surface area (Å²) >= 11 is 0. The summed E-state index contributed by atoms with van der Waals surface area (Å²) in [5, 5.41) is 5.33. The number of sulfonamides is 1. The normalized spacial score (nSPS) is 15.4. The van der Waals surface area contributed by atoms with Crippen molar-refractivity contribution in [3.05, 3.63) is 59.9 Å². The molecular weight excluding hydrogens is 421 g/mol. The fourth-order valence-corrected chi connectivity index (χ4v) is 4.93. The summed E-state index contributed by atoms with van der Waals surface area (Å²) in [7, 11) is -3.55. The van der Waals surface area contributed by atoms with Crippen LogP contribution in [0.5, 0.6) is 0 Å². The van der Waals surface area contributed by atoms with Gasteiger partial charge in [-0.05, 0) is 49.6 Å². The first-order valence-electron chi connectivity index (χ1n) is 10.2. The number of anilines is 1. The van der Waals surface area contributed by atoms with Crippen molar-refractivity contribution in [3.8, 4) is 0 Å². The number of rotatable bonds is 7. The number of hydrogen-bond acceptors (Lipinski definition) is 4. The topological polar surface area (TPSA) is 95.6 Å². The highest BCUT2D eigenvalue weighted by Crippen LogP contribution is 2.23. The van der Waals surface area contributed by atoms with E-state index >= 15 is 0 Å². The first-order valence-corrected chi connectivity index (χ1v) is 11.6. The highest BCUT2D eigenvalue weighted by atomic mass is 32.2. The average Bonchev–Trinajstić information content (AvgIpc) is 2.77. The average molecular weight is 448 g/mol. The molecule has 0 aliphatic carbocycles. The van der Waals surface area contributed by atoms with Crippen molar-refractivity contribution in [2.45, 2.75) is 31.1 Å². The van der Waals surface area contributed by atoms with Gasteiger partial charge in [0, 0.05) is 37.7 Å². The van der Waals surface area contributed by atoms with Crippen molar-refractivity contribution in [2.75, 3.05) is 25.0 Å². The number of amides is 2. The van der Waals surface area contributed by atoms with Gasteiger partial charge in [0.15, 0.2) is 0 Å². The molecule has 0 radical (unpaired) electrons. The predicted octanol–water partition coefficient (Wildman–Crippen LogP) is 2.68. The summed E-state index contributed by atoms with van der Waals surface area (Å²) in [6.45, 7) is 2.34. The Balaban J connectivity index is 1.42. The van der Waals surface area contributed by atoms with Crippen molar-refractivity contribution >= 4 is 27.5 Å². The van der Waals surface area contributed by atoms with E-state index in [4.69, 9.17) is 0 Å². The van der Waals surface area contributed by atoms with Gasteiger partial charge in [-0.15, -0.1) is 0 Å². The minimum absolute atomic E-state index is 0.0580. The molecule has 31 heavy (non-hydrogen) atoms. The lowest BCUT2D eigenvalue weighted by molar-refractivity contribution is -0.126.